The molecule has 37 heavy (non-hydrogen) atoms. The number of benzene rings is 3. The van der Waals surface area contributed by atoms with Crippen LogP contribution in [0.5, 0.6) is 11.5 Å². The Kier molecular flexibility index (Phi) is 6.89. The van der Waals surface area contributed by atoms with Crippen LogP contribution in [-0.2, 0) is 16.1 Å². The van der Waals surface area contributed by atoms with E-state index in [0.29, 0.717) is 35.3 Å². The van der Waals surface area contributed by atoms with Gasteiger partial charge in [-0.1, -0.05) is 66.2 Å². The number of aromatic nitrogens is 3. The van der Waals surface area contributed by atoms with Crippen molar-refractivity contribution < 1.29 is 19.0 Å². The van der Waals surface area contributed by atoms with Gasteiger partial charge in [0.15, 0.2) is 11.5 Å². The summed E-state index contributed by atoms with van der Waals surface area (Å²) in [4.78, 5) is 17.7. The van der Waals surface area contributed by atoms with E-state index < -0.39 is 12.0 Å². The van der Waals surface area contributed by atoms with Crippen molar-refractivity contribution in [3.05, 3.63) is 107 Å². The van der Waals surface area contributed by atoms with Gasteiger partial charge < -0.3 is 19.5 Å². The summed E-state index contributed by atoms with van der Waals surface area (Å²) in [6.45, 7) is 4.49. The van der Waals surface area contributed by atoms with Crippen LogP contribution in [0.15, 0.2) is 84.7 Å². The number of esters is 1. The van der Waals surface area contributed by atoms with Crippen molar-refractivity contribution in [3.63, 3.8) is 0 Å². The highest BCUT2D eigenvalue weighted by atomic mass is 16.5. The predicted octanol–water partition coefficient (Wildman–Crippen LogP) is 5.16. The van der Waals surface area contributed by atoms with E-state index in [-0.39, 0.29) is 6.61 Å². The number of carbonyl (C=O) groups is 1. The van der Waals surface area contributed by atoms with Gasteiger partial charge in [0.1, 0.15) is 19.0 Å². The zero-order chi connectivity index (χ0) is 25.8. The summed E-state index contributed by atoms with van der Waals surface area (Å²) in [5.41, 5.74) is 4.94. The highest BCUT2D eigenvalue weighted by Gasteiger charge is 2.36. The first-order valence-electron chi connectivity index (χ1n) is 12.1. The second-order valence-electron chi connectivity index (χ2n) is 8.62. The maximum Gasteiger partial charge on any atom is 0.338 e. The summed E-state index contributed by atoms with van der Waals surface area (Å²) >= 11 is 0. The monoisotopic (exact) mass is 496 g/mol. The maximum atomic E-state index is 13.4. The number of nitrogens with zero attached hydrogens (tertiary/aromatic N) is 3. The van der Waals surface area contributed by atoms with E-state index in [1.165, 1.54) is 11.9 Å². The lowest BCUT2D eigenvalue weighted by Gasteiger charge is -2.30. The van der Waals surface area contributed by atoms with E-state index in [1.807, 2.05) is 60.7 Å². The first-order chi connectivity index (χ1) is 18.1. The summed E-state index contributed by atoms with van der Waals surface area (Å²) in [5, 5.41) is 7.70. The molecule has 0 radical (unpaired) electrons. The molecule has 0 amide bonds. The molecule has 188 valence electrons. The topological polar surface area (TPSA) is 87.5 Å². The normalized spacial score (nSPS) is 14.5. The van der Waals surface area contributed by atoms with Gasteiger partial charge in [0.05, 0.1) is 25.0 Å². The Labute approximate surface area is 215 Å². The molecule has 0 aliphatic carbocycles. The summed E-state index contributed by atoms with van der Waals surface area (Å²) < 4.78 is 18.9. The first kappa shape index (κ1) is 24.1. The number of anilines is 1. The highest BCUT2D eigenvalue weighted by Crippen LogP contribution is 2.41. The fourth-order valence-corrected chi connectivity index (χ4v) is 4.35. The number of carbonyl (C=O) groups excluding carboxylic acids is 1. The number of hydrogen-bond acceptors (Lipinski definition) is 7. The van der Waals surface area contributed by atoms with Gasteiger partial charge in [-0.05, 0) is 42.7 Å². The van der Waals surface area contributed by atoms with Crippen molar-refractivity contribution in [2.75, 3.05) is 19.0 Å². The van der Waals surface area contributed by atoms with Crippen molar-refractivity contribution in [2.24, 2.45) is 0 Å². The fourth-order valence-electron chi connectivity index (χ4n) is 4.35. The summed E-state index contributed by atoms with van der Waals surface area (Å²) in [6, 6.07) is 22.9. The van der Waals surface area contributed by atoms with Gasteiger partial charge in [-0.15, -0.1) is 0 Å². The number of fused-ring (bicyclic) bond motifs is 1. The molecule has 2 heterocycles. The minimum atomic E-state index is -0.590. The lowest BCUT2D eigenvalue weighted by atomic mass is 9.92. The van der Waals surface area contributed by atoms with Gasteiger partial charge in [0.2, 0.25) is 5.95 Å². The van der Waals surface area contributed by atoms with Crippen molar-refractivity contribution >= 4 is 17.6 Å². The largest absolute Gasteiger partial charge is 0.493 e. The number of ether oxygens (including phenoxy) is 3. The van der Waals surface area contributed by atoms with Crippen molar-refractivity contribution in [2.45, 2.75) is 26.5 Å². The summed E-state index contributed by atoms with van der Waals surface area (Å²) in [5.74, 6) is 1.24. The van der Waals surface area contributed by atoms with E-state index in [1.54, 1.807) is 18.7 Å². The molecule has 0 saturated heterocycles. The molecule has 0 bridgehead atoms. The molecule has 1 N–H and O–H groups in total. The Balaban J connectivity index is 1.56. The number of hydrogen-bond donors (Lipinski definition) is 1. The molecule has 8 heteroatoms. The lowest BCUT2D eigenvalue weighted by Crippen LogP contribution is -2.30. The third-order valence-corrected chi connectivity index (χ3v) is 6.17. The Bertz CT molecular complexity index is 1430. The van der Waals surface area contributed by atoms with Gasteiger partial charge >= 0.3 is 5.97 Å². The van der Waals surface area contributed by atoms with Crippen LogP contribution in [0.25, 0.3) is 5.70 Å². The van der Waals surface area contributed by atoms with Crippen LogP contribution in [0.2, 0.25) is 0 Å². The number of nitrogens with one attached hydrogen (secondary N) is 1. The average Bonchev–Trinajstić information content (AvgIpc) is 3.41. The molecule has 1 aliphatic heterocycles. The van der Waals surface area contributed by atoms with Crippen LogP contribution in [0.4, 0.5) is 5.95 Å². The van der Waals surface area contributed by atoms with Gasteiger partial charge in [0.25, 0.3) is 0 Å². The number of aryl methyl sites for hydroxylation is 1. The van der Waals surface area contributed by atoms with Crippen molar-refractivity contribution in [1.82, 2.24) is 14.8 Å². The molecule has 4 aromatic rings. The third kappa shape index (κ3) is 4.91. The minimum absolute atomic E-state index is 0.246. The van der Waals surface area contributed by atoms with Crippen LogP contribution >= 0.6 is 0 Å². The first-order valence-corrected chi connectivity index (χ1v) is 12.1. The number of rotatable bonds is 8. The molecule has 1 aromatic heterocycles. The van der Waals surface area contributed by atoms with E-state index >= 15 is 0 Å². The third-order valence-electron chi connectivity index (χ3n) is 6.17. The predicted molar refractivity (Wildman–Crippen MR) is 140 cm³/mol. The molecule has 5 rings (SSSR count). The summed E-state index contributed by atoms with van der Waals surface area (Å²) in [6.07, 6.45) is 1.46. The molecule has 3 aromatic carbocycles. The smallest absolute Gasteiger partial charge is 0.338 e. The summed E-state index contributed by atoms with van der Waals surface area (Å²) in [7, 11) is 1.60. The van der Waals surface area contributed by atoms with E-state index in [0.717, 1.165) is 16.7 Å². The Morgan fingerprint density at radius 3 is 2.54 bits per heavy atom. The molecule has 8 nitrogen and oxygen atoms in total. The Hall–Kier alpha value is -4.59. The standard InChI is InChI=1S/C29H28N4O4/c1-4-36-28(34)25-26(21-8-6-5-7-9-21)32-29-30-18-31-33(29)27(25)22-14-15-23(24(16-22)35-3)37-17-20-12-10-19(2)11-13-20/h5-16,18,27H,4,17H2,1-3H3,(H,30,31,32)/t27-/m1/s1. The zero-order valence-electron chi connectivity index (χ0n) is 21.0. The van der Waals surface area contributed by atoms with E-state index in [4.69, 9.17) is 14.2 Å². The van der Waals surface area contributed by atoms with Crippen LogP contribution in [0.1, 0.15) is 35.2 Å². The van der Waals surface area contributed by atoms with Crippen LogP contribution < -0.4 is 14.8 Å². The van der Waals surface area contributed by atoms with Crippen molar-refractivity contribution in [1.29, 1.82) is 0 Å². The van der Waals surface area contributed by atoms with Crippen LogP contribution in [0.3, 0.4) is 0 Å². The van der Waals surface area contributed by atoms with Gasteiger partial charge in [-0.25, -0.2) is 9.48 Å². The highest BCUT2D eigenvalue weighted by molar-refractivity contribution is 6.02. The Morgan fingerprint density at radius 2 is 1.81 bits per heavy atom. The zero-order valence-corrected chi connectivity index (χ0v) is 21.0. The molecule has 1 aliphatic rings. The molecule has 1 atom stereocenters. The second-order valence-corrected chi connectivity index (χ2v) is 8.62. The van der Waals surface area contributed by atoms with Crippen molar-refractivity contribution in [3.8, 4) is 11.5 Å². The van der Waals surface area contributed by atoms with Crippen LogP contribution in [0, 0.1) is 6.92 Å². The Morgan fingerprint density at radius 1 is 1.03 bits per heavy atom. The van der Waals surface area contributed by atoms with Crippen LogP contribution in [-0.4, -0.2) is 34.5 Å². The van der Waals surface area contributed by atoms with Gasteiger partial charge in [-0.2, -0.15) is 10.1 Å². The SMILES string of the molecule is CCOC(=O)C1=C(c2ccccc2)Nc2ncnn2[C@@H]1c1ccc(OCc2ccc(C)cc2)c(OC)c1. The van der Waals surface area contributed by atoms with E-state index in [2.05, 4.69) is 34.5 Å². The molecule has 0 spiro atoms. The quantitative estimate of drug-likeness (QED) is 0.337. The average molecular weight is 497 g/mol. The molecule has 0 fully saturated rings. The minimum Gasteiger partial charge on any atom is -0.493 e. The van der Waals surface area contributed by atoms with Gasteiger partial charge in [0, 0.05) is 0 Å². The molecule has 0 unspecified atom stereocenters. The van der Waals surface area contributed by atoms with Gasteiger partial charge in [-0.3, -0.25) is 0 Å². The molecular formula is C29H28N4O4. The maximum absolute atomic E-state index is 13.4. The fraction of sp³-hybridized carbons (Fsp3) is 0.207. The molecule has 0 saturated carbocycles. The second kappa shape index (κ2) is 10.6. The lowest BCUT2D eigenvalue weighted by molar-refractivity contribution is -0.138. The molecular weight excluding hydrogens is 468 g/mol. The number of methoxy groups -OCH3 is 1. The van der Waals surface area contributed by atoms with E-state index in [9.17, 15) is 4.79 Å².